The first-order valence-electron chi connectivity index (χ1n) is 10.7. The van der Waals surface area contributed by atoms with Crippen molar-refractivity contribution < 1.29 is 13.3 Å². The van der Waals surface area contributed by atoms with Gasteiger partial charge < -0.3 is 0 Å². The summed E-state index contributed by atoms with van der Waals surface area (Å²) in [5.41, 5.74) is -0.192. The molecule has 0 radical (unpaired) electrons. The summed E-state index contributed by atoms with van der Waals surface area (Å²) in [6.45, 7) is 9.96. The maximum absolute atomic E-state index is 13.0. The number of hydrogen-bond donors (Lipinski definition) is 2. The Morgan fingerprint density at radius 1 is 1.19 bits per heavy atom. The van der Waals surface area contributed by atoms with Crippen LogP contribution in [0.15, 0.2) is 59.2 Å². The van der Waals surface area contributed by atoms with Gasteiger partial charge in [-0.05, 0) is 58.9 Å². The molecule has 0 aliphatic heterocycles. The van der Waals surface area contributed by atoms with Crippen molar-refractivity contribution in [1.82, 2.24) is 10.2 Å². The van der Waals surface area contributed by atoms with E-state index >= 15 is 0 Å². The SMILES string of the molecule is CC(CCNC1(S(N)(=O)=O)C=CC=C([N+](=O)[O-])C1N(C(C)C)C(C)C)Sc1ccccc1. The van der Waals surface area contributed by atoms with Gasteiger partial charge in [0.25, 0.3) is 5.70 Å². The zero-order valence-electron chi connectivity index (χ0n) is 19.3. The molecule has 1 aromatic rings. The van der Waals surface area contributed by atoms with Crippen LogP contribution in [-0.2, 0) is 10.0 Å². The van der Waals surface area contributed by atoms with Crippen molar-refractivity contribution in [1.29, 1.82) is 0 Å². The number of primary sulfonamides is 1. The topological polar surface area (TPSA) is 119 Å². The van der Waals surface area contributed by atoms with Crippen LogP contribution >= 0.6 is 11.8 Å². The number of rotatable bonds is 11. The molecule has 10 heteroatoms. The number of nitrogens with two attached hydrogens (primary N) is 1. The van der Waals surface area contributed by atoms with Crippen LogP contribution in [0.3, 0.4) is 0 Å². The van der Waals surface area contributed by atoms with Crippen molar-refractivity contribution in [2.45, 2.75) is 74.2 Å². The molecular formula is C22H34N4O4S2. The zero-order valence-corrected chi connectivity index (χ0v) is 20.9. The van der Waals surface area contributed by atoms with Gasteiger partial charge in [-0.1, -0.05) is 31.2 Å². The van der Waals surface area contributed by atoms with Gasteiger partial charge in [0.05, 0.1) is 4.92 Å². The van der Waals surface area contributed by atoms with Crippen molar-refractivity contribution in [2.75, 3.05) is 6.54 Å². The van der Waals surface area contributed by atoms with Gasteiger partial charge in [0.1, 0.15) is 6.04 Å². The van der Waals surface area contributed by atoms with Crippen molar-refractivity contribution in [3.63, 3.8) is 0 Å². The first-order chi connectivity index (χ1) is 14.9. The van der Waals surface area contributed by atoms with Gasteiger partial charge in [-0.3, -0.25) is 20.3 Å². The summed E-state index contributed by atoms with van der Waals surface area (Å²) in [5.74, 6) is 0. The van der Waals surface area contributed by atoms with Gasteiger partial charge in [-0.15, -0.1) is 11.8 Å². The highest BCUT2D eigenvalue weighted by atomic mass is 32.2. The summed E-state index contributed by atoms with van der Waals surface area (Å²) in [4.78, 5) is 12.6. The fourth-order valence-electron chi connectivity index (χ4n) is 4.19. The van der Waals surface area contributed by atoms with Crippen molar-refractivity contribution in [3.8, 4) is 0 Å². The number of nitrogens with zero attached hydrogens (tertiary/aromatic N) is 2. The molecule has 1 aliphatic rings. The Kier molecular flexibility index (Phi) is 9.06. The lowest BCUT2D eigenvalue weighted by Crippen LogP contribution is -2.69. The molecule has 0 saturated carbocycles. The van der Waals surface area contributed by atoms with E-state index in [1.165, 1.54) is 18.2 Å². The van der Waals surface area contributed by atoms with Crippen molar-refractivity contribution >= 4 is 21.8 Å². The van der Waals surface area contributed by atoms with E-state index in [-0.39, 0.29) is 23.0 Å². The van der Waals surface area contributed by atoms with E-state index in [0.717, 1.165) is 4.90 Å². The molecule has 32 heavy (non-hydrogen) atoms. The number of sulfonamides is 1. The second-order valence-corrected chi connectivity index (χ2v) is 11.8. The Hall–Kier alpha value is -1.72. The molecule has 0 fully saturated rings. The normalized spacial score (nSPS) is 22.4. The van der Waals surface area contributed by atoms with Gasteiger partial charge in [0.2, 0.25) is 10.0 Å². The van der Waals surface area contributed by atoms with Crippen LogP contribution < -0.4 is 10.5 Å². The van der Waals surface area contributed by atoms with Crippen molar-refractivity contribution in [2.24, 2.45) is 5.14 Å². The maximum atomic E-state index is 13.0. The van der Waals surface area contributed by atoms with Gasteiger partial charge in [-0.2, -0.15) is 0 Å². The predicted octanol–water partition coefficient (Wildman–Crippen LogP) is 3.35. The highest BCUT2D eigenvalue weighted by Crippen LogP contribution is 2.35. The minimum absolute atomic E-state index is 0.148. The van der Waals surface area contributed by atoms with E-state index in [2.05, 4.69) is 12.2 Å². The Balaban J connectivity index is 2.36. The predicted molar refractivity (Wildman–Crippen MR) is 130 cm³/mol. The van der Waals surface area contributed by atoms with Gasteiger partial charge in [0, 0.05) is 28.3 Å². The van der Waals surface area contributed by atoms with Crippen LogP contribution in [0.4, 0.5) is 0 Å². The van der Waals surface area contributed by atoms with Crippen LogP contribution in [-0.4, -0.2) is 53.0 Å². The Morgan fingerprint density at radius 3 is 2.28 bits per heavy atom. The largest absolute Gasteiger partial charge is 0.292 e. The van der Waals surface area contributed by atoms with Crippen LogP contribution in [0.1, 0.15) is 41.0 Å². The van der Waals surface area contributed by atoms with Gasteiger partial charge >= 0.3 is 0 Å². The smallest absolute Gasteiger partial charge is 0.266 e. The van der Waals surface area contributed by atoms with E-state index in [1.807, 2.05) is 62.9 Å². The summed E-state index contributed by atoms with van der Waals surface area (Å²) < 4.78 is 26.0. The lowest BCUT2D eigenvalue weighted by molar-refractivity contribution is -0.435. The minimum Gasteiger partial charge on any atom is -0.292 e. The number of nitrogens with one attached hydrogen (secondary N) is 1. The molecule has 3 unspecified atom stereocenters. The highest BCUT2D eigenvalue weighted by Gasteiger charge is 2.56. The molecule has 3 N–H and O–H groups in total. The number of hydrogen-bond acceptors (Lipinski definition) is 7. The number of benzene rings is 1. The summed E-state index contributed by atoms with van der Waals surface area (Å²) in [5, 5.41) is 21.0. The summed E-state index contributed by atoms with van der Waals surface area (Å²) >= 11 is 1.69. The molecule has 1 aliphatic carbocycles. The molecule has 0 amide bonds. The number of thioether (sulfide) groups is 1. The quantitative estimate of drug-likeness (QED) is 0.282. The third kappa shape index (κ3) is 5.99. The molecule has 0 spiro atoms. The first-order valence-corrected chi connectivity index (χ1v) is 13.1. The second-order valence-electron chi connectivity index (χ2n) is 8.54. The fraction of sp³-hybridized carbons (Fsp3) is 0.545. The molecule has 3 atom stereocenters. The van der Waals surface area contributed by atoms with E-state index in [4.69, 9.17) is 5.14 Å². The van der Waals surface area contributed by atoms with Crippen molar-refractivity contribution in [3.05, 3.63) is 64.4 Å². The molecule has 2 rings (SSSR count). The molecular weight excluding hydrogens is 448 g/mol. The molecule has 0 bridgehead atoms. The molecule has 0 heterocycles. The van der Waals surface area contributed by atoms with Crippen LogP contribution in [0.5, 0.6) is 0 Å². The van der Waals surface area contributed by atoms with E-state index in [1.54, 1.807) is 11.8 Å². The Bertz CT molecular complexity index is 940. The van der Waals surface area contributed by atoms with Gasteiger partial charge in [0.15, 0.2) is 4.87 Å². The first kappa shape index (κ1) is 26.5. The maximum Gasteiger partial charge on any atom is 0.266 e. The summed E-state index contributed by atoms with van der Waals surface area (Å²) in [6, 6.07) is 8.58. The second kappa shape index (κ2) is 10.9. The van der Waals surface area contributed by atoms with Crippen LogP contribution in [0, 0.1) is 10.1 Å². The molecule has 178 valence electrons. The number of allylic oxidation sites excluding steroid dienone is 2. The average molecular weight is 483 g/mol. The van der Waals surface area contributed by atoms with E-state index in [0.29, 0.717) is 13.0 Å². The van der Waals surface area contributed by atoms with E-state index < -0.39 is 25.9 Å². The average Bonchev–Trinajstić information content (AvgIpc) is 2.68. The standard InChI is InChI=1S/C22H34N4O4S2/c1-16(2)25(17(3)4)21-20(26(27)28)12-9-14-22(21,32(23,29)30)24-15-13-18(5)31-19-10-7-6-8-11-19/h6-12,14,16-18,21,24H,13,15H2,1-5H3,(H2,23,29,30). The monoisotopic (exact) mass is 482 g/mol. The zero-order chi connectivity index (χ0) is 24.1. The third-order valence-electron chi connectivity index (χ3n) is 5.50. The summed E-state index contributed by atoms with van der Waals surface area (Å²) in [6.07, 6.45) is 4.87. The lowest BCUT2D eigenvalue weighted by Gasteiger charge is -2.46. The summed E-state index contributed by atoms with van der Waals surface area (Å²) in [7, 11) is -4.26. The fourth-order valence-corrected chi connectivity index (χ4v) is 6.33. The lowest BCUT2D eigenvalue weighted by atomic mass is 9.94. The Morgan fingerprint density at radius 2 is 1.78 bits per heavy atom. The van der Waals surface area contributed by atoms with Crippen LogP contribution in [0.25, 0.3) is 0 Å². The van der Waals surface area contributed by atoms with Gasteiger partial charge in [-0.25, -0.2) is 13.6 Å². The molecule has 8 nitrogen and oxygen atoms in total. The van der Waals surface area contributed by atoms with E-state index in [9.17, 15) is 18.5 Å². The third-order valence-corrected chi connectivity index (χ3v) is 8.13. The molecule has 0 aromatic heterocycles. The minimum atomic E-state index is -4.26. The highest BCUT2D eigenvalue weighted by molar-refractivity contribution is 8.00. The molecule has 0 saturated heterocycles. The molecule has 1 aromatic carbocycles. The Labute approximate surface area is 195 Å². The number of nitro groups is 1. The van der Waals surface area contributed by atoms with Crippen LogP contribution in [0.2, 0.25) is 0 Å².